The molecule has 0 unspecified atom stereocenters. The molecule has 0 atom stereocenters. The Morgan fingerprint density at radius 2 is 1.94 bits per heavy atom. The minimum Gasteiger partial charge on any atom is -0.204 e. The topological polar surface area (TPSA) is 52.0 Å². The van der Waals surface area contributed by atoms with E-state index in [1.54, 1.807) is 12.1 Å². The molecule has 2 rings (SSSR count). The molecule has 2 aromatic rings. The zero-order valence-electron chi connectivity index (χ0n) is 8.87. The molecule has 0 aliphatic rings. The fourth-order valence-electron chi connectivity index (χ4n) is 1.39. The lowest BCUT2D eigenvalue weighted by Gasteiger charge is -2.03. The molecule has 16 heavy (non-hydrogen) atoms. The van der Waals surface area contributed by atoms with E-state index in [0.29, 0.717) is 0 Å². The van der Waals surface area contributed by atoms with E-state index in [1.807, 2.05) is 25.1 Å². The molecule has 0 radical (unpaired) electrons. The highest BCUT2D eigenvalue weighted by atomic mass is 32.2. The Bertz CT molecular complexity index is 573. The molecule has 0 amide bonds. The number of hydrogen-bond donors (Lipinski definition) is 0. The first-order valence-electron chi connectivity index (χ1n) is 4.86. The van der Waals surface area contributed by atoms with Crippen molar-refractivity contribution in [2.75, 3.05) is 0 Å². The average Bonchev–Trinajstić information content (AvgIpc) is 2.66. The van der Waals surface area contributed by atoms with Gasteiger partial charge in [-0.1, -0.05) is 30.3 Å². The van der Waals surface area contributed by atoms with Gasteiger partial charge in [0.2, 0.25) is 0 Å². The quantitative estimate of drug-likeness (QED) is 0.812. The second-order valence-corrected chi connectivity index (χ2v) is 5.46. The molecule has 0 saturated carbocycles. The molecule has 0 bridgehead atoms. The zero-order valence-corrected chi connectivity index (χ0v) is 9.68. The maximum absolute atomic E-state index is 11.9. The minimum absolute atomic E-state index is 0.0328. The number of nitrogens with zero attached hydrogens (tertiary/aromatic N) is 2. The Balaban J connectivity index is 2.28. The Hall–Kier alpha value is -1.62. The van der Waals surface area contributed by atoms with E-state index < -0.39 is 10.0 Å². The lowest BCUT2D eigenvalue weighted by atomic mass is 10.2. The van der Waals surface area contributed by atoms with Crippen molar-refractivity contribution in [3.05, 3.63) is 53.9 Å². The van der Waals surface area contributed by atoms with Crippen LogP contribution in [0.5, 0.6) is 0 Å². The van der Waals surface area contributed by atoms with E-state index in [4.69, 9.17) is 0 Å². The number of aryl methyl sites for hydroxylation is 1. The summed E-state index contributed by atoms with van der Waals surface area (Å²) < 4.78 is 24.9. The molecule has 0 N–H and O–H groups in total. The van der Waals surface area contributed by atoms with Gasteiger partial charge in [0.1, 0.15) is 0 Å². The molecular formula is C11H12N2O2S. The normalized spacial score (nSPS) is 11.6. The Morgan fingerprint density at radius 3 is 2.50 bits per heavy atom. The van der Waals surface area contributed by atoms with Crippen molar-refractivity contribution in [3.8, 4) is 0 Å². The smallest absolute Gasteiger partial charge is 0.204 e. The molecular weight excluding hydrogens is 224 g/mol. The van der Waals surface area contributed by atoms with Crippen LogP contribution >= 0.6 is 0 Å². The third-order valence-corrected chi connectivity index (χ3v) is 3.63. The van der Waals surface area contributed by atoms with Crippen molar-refractivity contribution in [2.24, 2.45) is 0 Å². The van der Waals surface area contributed by atoms with Gasteiger partial charge < -0.3 is 0 Å². The van der Waals surface area contributed by atoms with Crippen molar-refractivity contribution in [3.63, 3.8) is 0 Å². The lowest BCUT2D eigenvalue weighted by molar-refractivity contribution is 0.579. The van der Waals surface area contributed by atoms with E-state index in [-0.39, 0.29) is 5.75 Å². The van der Waals surface area contributed by atoms with Crippen LogP contribution < -0.4 is 0 Å². The lowest BCUT2D eigenvalue weighted by Crippen LogP contribution is -2.15. The molecule has 0 saturated heterocycles. The molecule has 1 aromatic heterocycles. The SMILES string of the molecule is Cc1cnn(S(=O)(=O)Cc2ccccc2)c1. The summed E-state index contributed by atoms with van der Waals surface area (Å²) in [5.74, 6) is -0.0328. The van der Waals surface area contributed by atoms with E-state index in [2.05, 4.69) is 5.10 Å². The van der Waals surface area contributed by atoms with Gasteiger partial charge in [-0.25, -0.2) is 8.42 Å². The van der Waals surface area contributed by atoms with Crippen LogP contribution in [0.1, 0.15) is 11.1 Å². The first-order chi connectivity index (χ1) is 7.58. The van der Waals surface area contributed by atoms with E-state index in [9.17, 15) is 8.42 Å². The number of hydrogen-bond acceptors (Lipinski definition) is 3. The molecule has 4 nitrogen and oxygen atoms in total. The van der Waals surface area contributed by atoms with Gasteiger partial charge in [0, 0.05) is 6.20 Å². The van der Waals surface area contributed by atoms with Crippen LogP contribution in [0.25, 0.3) is 0 Å². The van der Waals surface area contributed by atoms with Crippen LogP contribution in [0.4, 0.5) is 0 Å². The molecule has 5 heteroatoms. The highest BCUT2D eigenvalue weighted by molar-refractivity contribution is 7.89. The van der Waals surface area contributed by atoms with Crippen LogP contribution in [-0.2, 0) is 15.8 Å². The highest BCUT2D eigenvalue weighted by Crippen LogP contribution is 2.08. The van der Waals surface area contributed by atoms with Gasteiger partial charge in [-0.2, -0.15) is 9.19 Å². The summed E-state index contributed by atoms with van der Waals surface area (Å²) in [6.45, 7) is 1.81. The predicted octanol–water partition coefficient (Wildman–Crippen LogP) is 1.57. The molecule has 1 heterocycles. The van der Waals surface area contributed by atoms with Gasteiger partial charge in [-0.3, -0.25) is 0 Å². The van der Waals surface area contributed by atoms with E-state index in [1.165, 1.54) is 12.4 Å². The van der Waals surface area contributed by atoms with Gasteiger partial charge >= 0.3 is 0 Å². The minimum atomic E-state index is -3.39. The van der Waals surface area contributed by atoms with Crippen molar-refractivity contribution in [2.45, 2.75) is 12.7 Å². The summed E-state index contributed by atoms with van der Waals surface area (Å²) in [6, 6.07) is 9.06. The molecule has 0 aliphatic heterocycles. The van der Waals surface area contributed by atoms with Crippen molar-refractivity contribution < 1.29 is 8.42 Å². The third kappa shape index (κ3) is 2.30. The summed E-state index contributed by atoms with van der Waals surface area (Å²) >= 11 is 0. The molecule has 0 aliphatic carbocycles. The fraction of sp³-hybridized carbons (Fsp3) is 0.182. The van der Waals surface area contributed by atoms with E-state index >= 15 is 0 Å². The summed E-state index contributed by atoms with van der Waals surface area (Å²) in [7, 11) is -3.39. The maximum Gasteiger partial charge on any atom is 0.257 e. The fourth-order valence-corrected chi connectivity index (χ4v) is 2.66. The van der Waals surface area contributed by atoms with Gasteiger partial charge in [0.15, 0.2) is 0 Å². The van der Waals surface area contributed by atoms with Crippen LogP contribution in [0, 0.1) is 6.92 Å². The molecule has 84 valence electrons. The van der Waals surface area contributed by atoms with Gasteiger partial charge in [0.25, 0.3) is 10.0 Å². The first kappa shape index (κ1) is 10.9. The molecule has 1 aromatic carbocycles. The average molecular weight is 236 g/mol. The number of aromatic nitrogens is 2. The number of benzene rings is 1. The largest absolute Gasteiger partial charge is 0.257 e. The van der Waals surface area contributed by atoms with Crippen LogP contribution in [0.3, 0.4) is 0 Å². The van der Waals surface area contributed by atoms with Crippen molar-refractivity contribution in [1.29, 1.82) is 0 Å². The van der Waals surface area contributed by atoms with Crippen molar-refractivity contribution >= 4 is 10.0 Å². The van der Waals surface area contributed by atoms with E-state index in [0.717, 1.165) is 15.2 Å². The van der Waals surface area contributed by atoms with Crippen LogP contribution in [0.15, 0.2) is 42.7 Å². The van der Waals surface area contributed by atoms with Crippen LogP contribution in [0.2, 0.25) is 0 Å². The monoisotopic (exact) mass is 236 g/mol. The molecule has 0 fully saturated rings. The van der Waals surface area contributed by atoms with Crippen molar-refractivity contribution in [1.82, 2.24) is 9.19 Å². The summed E-state index contributed by atoms with van der Waals surface area (Å²) in [5, 5.41) is 3.81. The summed E-state index contributed by atoms with van der Waals surface area (Å²) in [6.07, 6.45) is 3.04. The van der Waals surface area contributed by atoms with Gasteiger partial charge in [-0.15, -0.1) is 0 Å². The Morgan fingerprint density at radius 1 is 1.25 bits per heavy atom. The first-order valence-corrected chi connectivity index (χ1v) is 6.47. The number of rotatable bonds is 3. The molecule has 0 spiro atoms. The summed E-state index contributed by atoms with van der Waals surface area (Å²) in [4.78, 5) is 0. The maximum atomic E-state index is 11.9. The Kier molecular flexibility index (Phi) is 2.78. The summed E-state index contributed by atoms with van der Waals surface area (Å²) in [5.41, 5.74) is 1.59. The highest BCUT2D eigenvalue weighted by Gasteiger charge is 2.14. The zero-order chi connectivity index (χ0) is 11.6. The van der Waals surface area contributed by atoms with Gasteiger partial charge in [0.05, 0.1) is 11.9 Å². The predicted molar refractivity (Wildman–Crippen MR) is 61.4 cm³/mol. The standard InChI is InChI=1S/C11H12N2O2S/c1-10-7-12-13(8-10)16(14,15)9-11-5-3-2-4-6-11/h2-8H,9H2,1H3. The third-order valence-electron chi connectivity index (χ3n) is 2.17. The Labute approximate surface area is 94.6 Å². The second kappa shape index (κ2) is 4.09. The second-order valence-electron chi connectivity index (χ2n) is 3.63. The van der Waals surface area contributed by atoms with Gasteiger partial charge in [-0.05, 0) is 18.1 Å². The van der Waals surface area contributed by atoms with Crippen LogP contribution in [-0.4, -0.2) is 17.6 Å².